The number of para-hydroxylation sites is 2. The van der Waals surface area contributed by atoms with Crippen molar-refractivity contribution in [2.45, 2.75) is 26.7 Å². The minimum Gasteiger partial charge on any atom is -0.398 e. The van der Waals surface area contributed by atoms with E-state index in [2.05, 4.69) is 5.32 Å². The van der Waals surface area contributed by atoms with Gasteiger partial charge in [0, 0.05) is 12.6 Å². The second kappa shape index (κ2) is 9.12. The number of benzene rings is 2. The monoisotopic (exact) mass is 380 g/mol. The highest BCUT2D eigenvalue weighted by molar-refractivity contribution is 5.89. The molecular weight excluding hydrogens is 362 g/mol. The standard InChI is InChI=1S/C9H8F3NO.C7H6F3N.CH4/c1-6(14)13-8-5-3-2-4-7(8)9(10,11)12;8-7(9,10)5-3-1-2-4-6(5)11;/h2-5H,1H3,(H,13,14);1-4H,11H2;1H4. The summed E-state index contributed by atoms with van der Waals surface area (Å²) in [6.45, 7) is 1.16. The summed E-state index contributed by atoms with van der Waals surface area (Å²) in [6, 6.07) is 9.78. The molecule has 0 atom stereocenters. The number of alkyl halides is 6. The molecule has 0 spiro atoms. The van der Waals surface area contributed by atoms with Crippen molar-refractivity contribution in [3.63, 3.8) is 0 Å². The molecule has 2 aromatic rings. The topological polar surface area (TPSA) is 55.1 Å². The zero-order chi connectivity index (χ0) is 19.3. The maximum absolute atomic E-state index is 12.3. The Hall–Kier alpha value is -2.71. The van der Waals surface area contributed by atoms with E-state index in [1.807, 2.05) is 0 Å². The summed E-state index contributed by atoms with van der Waals surface area (Å²) in [7, 11) is 0. The van der Waals surface area contributed by atoms with Gasteiger partial charge in [-0.05, 0) is 24.3 Å². The van der Waals surface area contributed by atoms with Crippen LogP contribution in [0.25, 0.3) is 0 Å². The van der Waals surface area contributed by atoms with Crippen LogP contribution >= 0.6 is 0 Å². The third-order valence-corrected chi connectivity index (χ3v) is 2.81. The van der Waals surface area contributed by atoms with E-state index in [0.29, 0.717) is 0 Å². The van der Waals surface area contributed by atoms with Gasteiger partial charge in [-0.25, -0.2) is 0 Å². The van der Waals surface area contributed by atoms with Crippen LogP contribution in [0.2, 0.25) is 0 Å². The summed E-state index contributed by atoms with van der Waals surface area (Å²) in [4.78, 5) is 10.6. The minimum absolute atomic E-state index is 0. The zero-order valence-corrected chi connectivity index (χ0v) is 12.9. The molecule has 0 saturated heterocycles. The average Bonchev–Trinajstić information content (AvgIpc) is 2.46. The molecule has 26 heavy (non-hydrogen) atoms. The van der Waals surface area contributed by atoms with Crippen molar-refractivity contribution in [1.82, 2.24) is 0 Å². The zero-order valence-electron chi connectivity index (χ0n) is 12.9. The second-order valence-corrected chi connectivity index (χ2v) is 4.81. The van der Waals surface area contributed by atoms with E-state index in [1.54, 1.807) is 0 Å². The molecule has 3 nitrogen and oxygen atoms in total. The molecule has 9 heteroatoms. The van der Waals surface area contributed by atoms with E-state index in [0.717, 1.165) is 19.1 Å². The number of halogens is 6. The molecule has 2 rings (SSSR count). The number of hydrogen-bond donors (Lipinski definition) is 2. The third-order valence-electron chi connectivity index (χ3n) is 2.81. The van der Waals surface area contributed by atoms with Crippen LogP contribution in [0.15, 0.2) is 48.5 Å². The molecule has 0 aliphatic rings. The number of nitrogens with two attached hydrogens (primary N) is 1. The van der Waals surface area contributed by atoms with Crippen molar-refractivity contribution in [2.24, 2.45) is 0 Å². The molecule has 0 heterocycles. The summed E-state index contributed by atoms with van der Waals surface area (Å²) in [6.07, 6.45) is -8.79. The Labute approximate surface area is 146 Å². The highest BCUT2D eigenvalue weighted by Crippen LogP contribution is 2.34. The summed E-state index contributed by atoms with van der Waals surface area (Å²) in [5.74, 6) is -0.526. The van der Waals surface area contributed by atoms with E-state index >= 15 is 0 Å². The normalized spacial score (nSPS) is 10.9. The molecule has 0 radical (unpaired) electrons. The largest absolute Gasteiger partial charge is 0.418 e. The van der Waals surface area contributed by atoms with Gasteiger partial charge >= 0.3 is 12.4 Å². The Kier molecular flexibility index (Phi) is 8.17. The van der Waals surface area contributed by atoms with Crippen molar-refractivity contribution >= 4 is 17.3 Å². The van der Waals surface area contributed by atoms with Crippen molar-refractivity contribution in [1.29, 1.82) is 0 Å². The van der Waals surface area contributed by atoms with Gasteiger partial charge in [0.25, 0.3) is 0 Å². The molecule has 0 unspecified atom stereocenters. The maximum Gasteiger partial charge on any atom is 0.418 e. The molecule has 0 aromatic heterocycles. The van der Waals surface area contributed by atoms with E-state index in [1.165, 1.54) is 36.4 Å². The lowest BCUT2D eigenvalue weighted by atomic mass is 10.1. The van der Waals surface area contributed by atoms with Gasteiger partial charge in [-0.1, -0.05) is 31.7 Å². The molecule has 3 N–H and O–H groups in total. The molecule has 0 aliphatic carbocycles. The van der Waals surface area contributed by atoms with Crippen molar-refractivity contribution in [2.75, 3.05) is 11.1 Å². The second-order valence-electron chi connectivity index (χ2n) is 4.81. The van der Waals surface area contributed by atoms with Crippen LogP contribution in [0.5, 0.6) is 0 Å². The number of anilines is 2. The number of nitrogens with one attached hydrogen (secondary N) is 1. The van der Waals surface area contributed by atoms with Gasteiger partial charge in [0.1, 0.15) is 0 Å². The first kappa shape index (κ1) is 23.3. The smallest absolute Gasteiger partial charge is 0.398 e. The van der Waals surface area contributed by atoms with Gasteiger partial charge in [-0.15, -0.1) is 0 Å². The van der Waals surface area contributed by atoms with Gasteiger partial charge in [0.2, 0.25) is 5.91 Å². The van der Waals surface area contributed by atoms with E-state index in [-0.39, 0.29) is 18.8 Å². The van der Waals surface area contributed by atoms with Crippen LogP contribution in [-0.4, -0.2) is 5.91 Å². The fraction of sp³-hybridized carbons (Fsp3) is 0.235. The van der Waals surface area contributed by atoms with Gasteiger partial charge in [-0.2, -0.15) is 26.3 Å². The first-order valence-electron chi connectivity index (χ1n) is 6.78. The number of amides is 1. The molecule has 144 valence electrons. The number of carbonyl (C=O) groups is 1. The molecule has 0 aliphatic heterocycles. The van der Waals surface area contributed by atoms with Gasteiger partial charge < -0.3 is 11.1 Å². The highest BCUT2D eigenvalue weighted by Gasteiger charge is 2.33. The summed E-state index contributed by atoms with van der Waals surface area (Å²) < 4.78 is 72.9. The van der Waals surface area contributed by atoms with Crippen LogP contribution in [0.1, 0.15) is 25.5 Å². The Bertz CT molecular complexity index is 726. The molecule has 0 fully saturated rings. The van der Waals surface area contributed by atoms with Gasteiger partial charge in [0.05, 0.1) is 16.8 Å². The molecule has 1 amide bonds. The summed E-state index contributed by atoms with van der Waals surface area (Å²) in [5.41, 5.74) is 3.02. The number of carbonyl (C=O) groups excluding carboxylic acids is 1. The van der Waals surface area contributed by atoms with Crippen molar-refractivity contribution < 1.29 is 31.1 Å². The van der Waals surface area contributed by atoms with Crippen LogP contribution in [0.4, 0.5) is 37.7 Å². The minimum atomic E-state index is -4.45. The molecule has 2 aromatic carbocycles. The van der Waals surface area contributed by atoms with Crippen molar-refractivity contribution in [3.8, 4) is 0 Å². The molecule has 0 saturated carbocycles. The SMILES string of the molecule is C.CC(=O)Nc1ccccc1C(F)(F)F.Nc1ccccc1C(F)(F)F. The molecular formula is C17H18F6N2O. The Morgan fingerprint density at radius 3 is 1.65 bits per heavy atom. The fourth-order valence-electron chi connectivity index (χ4n) is 1.78. The van der Waals surface area contributed by atoms with Crippen LogP contribution < -0.4 is 11.1 Å². The van der Waals surface area contributed by atoms with Crippen molar-refractivity contribution in [3.05, 3.63) is 59.7 Å². The quantitative estimate of drug-likeness (QED) is 0.501. The number of rotatable bonds is 1. The van der Waals surface area contributed by atoms with E-state index in [4.69, 9.17) is 5.73 Å². The first-order chi connectivity index (χ1) is 11.4. The fourth-order valence-corrected chi connectivity index (χ4v) is 1.78. The number of nitrogen functional groups attached to an aromatic ring is 1. The summed E-state index contributed by atoms with van der Waals surface area (Å²) >= 11 is 0. The number of hydrogen-bond acceptors (Lipinski definition) is 2. The van der Waals surface area contributed by atoms with E-state index in [9.17, 15) is 31.1 Å². The van der Waals surface area contributed by atoms with Crippen LogP contribution in [0.3, 0.4) is 0 Å². The predicted molar refractivity (Wildman–Crippen MR) is 88.3 cm³/mol. The lowest BCUT2D eigenvalue weighted by Gasteiger charge is -2.12. The third kappa shape index (κ3) is 7.04. The predicted octanol–water partition coefficient (Wildman–Crippen LogP) is 5.59. The maximum atomic E-state index is 12.3. The Morgan fingerprint density at radius 1 is 0.846 bits per heavy atom. The van der Waals surface area contributed by atoms with Gasteiger partial charge in [0.15, 0.2) is 0 Å². The summed E-state index contributed by atoms with van der Waals surface area (Å²) in [5, 5.41) is 2.12. The average molecular weight is 380 g/mol. The first-order valence-corrected chi connectivity index (χ1v) is 6.78. The Balaban J connectivity index is 0.000000475. The molecule has 0 bridgehead atoms. The van der Waals surface area contributed by atoms with E-state index < -0.39 is 29.4 Å². The lowest BCUT2D eigenvalue weighted by molar-refractivity contribution is -0.137. The van der Waals surface area contributed by atoms with Crippen LogP contribution in [0, 0.1) is 0 Å². The van der Waals surface area contributed by atoms with Crippen LogP contribution in [-0.2, 0) is 17.1 Å². The Morgan fingerprint density at radius 2 is 1.27 bits per heavy atom. The van der Waals surface area contributed by atoms with Gasteiger partial charge in [-0.3, -0.25) is 4.79 Å². The lowest BCUT2D eigenvalue weighted by Crippen LogP contribution is -2.13. The highest BCUT2D eigenvalue weighted by atomic mass is 19.4.